The summed E-state index contributed by atoms with van der Waals surface area (Å²) in [6.45, 7) is 0. The molecule has 1 heterocycles. The van der Waals surface area contributed by atoms with Gasteiger partial charge in [-0.3, -0.25) is 9.72 Å². The van der Waals surface area contributed by atoms with Crippen LogP contribution in [0.3, 0.4) is 0 Å². The molecule has 0 saturated carbocycles. The maximum Gasteiger partial charge on any atom is 0.337 e. The zero-order valence-electron chi connectivity index (χ0n) is 8.98. The first-order valence-electron chi connectivity index (χ1n) is 4.72. The molecule has 6 nitrogen and oxygen atoms in total. The van der Waals surface area contributed by atoms with Crippen LogP contribution in [0.5, 0.6) is 5.75 Å². The fraction of sp³-hybridized carbons (Fsp3) is 0.125. The molecule has 0 bridgehead atoms. The van der Waals surface area contributed by atoms with Gasteiger partial charge in [0.05, 0.1) is 30.4 Å². The molecule has 1 saturated heterocycles. The summed E-state index contributed by atoms with van der Waals surface area (Å²) in [5.41, 5.74) is 0.515. The van der Waals surface area contributed by atoms with Crippen LogP contribution in [0.2, 0.25) is 0 Å². The summed E-state index contributed by atoms with van der Waals surface area (Å²) < 4.78 is 6.43. The van der Waals surface area contributed by atoms with Crippen molar-refractivity contribution in [2.24, 2.45) is 0 Å². The van der Waals surface area contributed by atoms with Gasteiger partial charge in [-0.2, -0.15) is 0 Å². The highest BCUT2D eigenvalue weighted by atomic mass is 31.2. The molecule has 2 unspecified atom stereocenters. The Morgan fingerprint density at radius 1 is 1.24 bits per heavy atom. The van der Waals surface area contributed by atoms with E-state index in [2.05, 4.69) is 14.5 Å². The first-order chi connectivity index (χ1) is 8.29. The Kier molecular flexibility index (Phi) is 5.05. The summed E-state index contributed by atoms with van der Waals surface area (Å²) in [7, 11) is 2.83. The SMILES string of the molecule is COC(=O)c1ccc(ON2PNPNP2)cc1. The first-order valence-corrected chi connectivity index (χ1v) is 7.62. The molecule has 92 valence electrons. The average Bonchev–Trinajstić information content (AvgIpc) is 2.40. The number of nitrogens with zero attached hydrogens (tertiary/aromatic N) is 1. The van der Waals surface area contributed by atoms with E-state index in [-0.39, 0.29) is 5.97 Å². The van der Waals surface area contributed by atoms with Gasteiger partial charge >= 0.3 is 5.97 Å². The number of rotatable bonds is 3. The third kappa shape index (κ3) is 3.82. The molecule has 17 heavy (non-hydrogen) atoms. The first kappa shape index (κ1) is 13.1. The van der Waals surface area contributed by atoms with Gasteiger partial charge < -0.3 is 9.57 Å². The molecule has 0 amide bonds. The van der Waals surface area contributed by atoms with Crippen molar-refractivity contribution in [3.8, 4) is 5.75 Å². The average molecular weight is 291 g/mol. The molecule has 2 atom stereocenters. The molecule has 9 heteroatoms. The van der Waals surface area contributed by atoms with Crippen molar-refractivity contribution in [2.75, 3.05) is 7.11 Å². The minimum Gasteiger partial charge on any atom is -0.465 e. The summed E-state index contributed by atoms with van der Waals surface area (Å²) in [5.74, 6) is 0.356. The fourth-order valence-electron chi connectivity index (χ4n) is 1.14. The molecule has 1 aromatic rings. The van der Waals surface area contributed by atoms with E-state index in [1.807, 2.05) is 4.60 Å². The summed E-state index contributed by atoms with van der Waals surface area (Å²) in [6.07, 6.45) is 0. The molecule has 0 aliphatic carbocycles. The smallest absolute Gasteiger partial charge is 0.337 e. The predicted octanol–water partition coefficient (Wildman–Crippen LogP) is 1.79. The van der Waals surface area contributed by atoms with Crippen molar-refractivity contribution in [3.63, 3.8) is 0 Å². The Morgan fingerprint density at radius 3 is 2.47 bits per heavy atom. The summed E-state index contributed by atoms with van der Waals surface area (Å²) in [6, 6.07) is 6.86. The molecular weight excluding hydrogens is 279 g/mol. The van der Waals surface area contributed by atoms with Crippen LogP contribution in [-0.2, 0) is 4.74 Å². The van der Waals surface area contributed by atoms with E-state index < -0.39 is 0 Å². The van der Waals surface area contributed by atoms with Crippen LogP contribution < -0.4 is 14.6 Å². The van der Waals surface area contributed by atoms with Crippen LogP contribution in [0.4, 0.5) is 0 Å². The Balaban J connectivity index is 1.95. The van der Waals surface area contributed by atoms with E-state index in [9.17, 15) is 4.79 Å². The topological polar surface area (TPSA) is 62.8 Å². The molecule has 0 radical (unpaired) electrons. The van der Waals surface area contributed by atoms with Gasteiger partial charge in [0.15, 0.2) is 0 Å². The van der Waals surface area contributed by atoms with Gasteiger partial charge in [0.1, 0.15) is 5.75 Å². The molecule has 1 fully saturated rings. The van der Waals surface area contributed by atoms with Crippen molar-refractivity contribution in [1.82, 2.24) is 14.3 Å². The Bertz CT molecular complexity index is 383. The third-order valence-electron chi connectivity index (χ3n) is 1.91. The van der Waals surface area contributed by atoms with Crippen LogP contribution in [0.1, 0.15) is 10.4 Å². The highest BCUT2D eigenvalue weighted by Crippen LogP contribution is 2.37. The zero-order valence-corrected chi connectivity index (χ0v) is 12.0. The lowest BCUT2D eigenvalue weighted by atomic mass is 10.2. The Labute approximate surface area is 104 Å². The second-order valence-corrected chi connectivity index (χ2v) is 6.96. The minimum absolute atomic E-state index is 0.345. The van der Waals surface area contributed by atoms with E-state index in [0.717, 1.165) is 0 Å². The van der Waals surface area contributed by atoms with Crippen molar-refractivity contribution in [1.29, 1.82) is 0 Å². The Morgan fingerprint density at radius 2 is 1.88 bits per heavy atom. The highest BCUT2D eigenvalue weighted by Gasteiger charge is 2.11. The van der Waals surface area contributed by atoms with Gasteiger partial charge in [0, 0.05) is 8.88 Å². The number of carbonyl (C=O) groups is 1. The van der Waals surface area contributed by atoms with Gasteiger partial charge in [0.2, 0.25) is 0 Å². The van der Waals surface area contributed by atoms with E-state index in [0.29, 0.717) is 38.0 Å². The van der Waals surface area contributed by atoms with Crippen molar-refractivity contribution in [2.45, 2.75) is 0 Å². The van der Waals surface area contributed by atoms with E-state index in [1.165, 1.54) is 7.11 Å². The molecule has 2 N–H and O–H groups in total. The lowest BCUT2D eigenvalue weighted by Crippen LogP contribution is -2.19. The fourth-order valence-corrected chi connectivity index (χ4v) is 4.74. The summed E-state index contributed by atoms with van der Waals surface area (Å²) >= 11 is 0. The van der Waals surface area contributed by atoms with E-state index in [1.54, 1.807) is 24.3 Å². The monoisotopic (exact) mass is 291 g/mol. The number of hydrogen-bond donors (Lipinski definition) is 2. The number of nitrogens with one attached hydrogen (secondary N) is 2. The number of methoxy groups -OCH3 is 1. The molecule has 2 rings (SSSR count). The number of carbonyl (C=O) groups excluding carboxylic acids is 1. The second-order valence-electron chi connectivity index (χ2n) is 3.00. The largest absolute Gasteiger partial charge is 0.465 e. The summed E-state index contributed by atoms with van der Waals surface area (Å²) in [4.78, 5) is 23.2. The lowest BCUT2D eigenvalue weighted by Gasteiger charge is -2.26. The standard InChI is InChI=1S/C8H12N3O3P3/c1-13-8(12)6-2-4-7(5-3-6)14-11-16-9-15-10-17-11/h2-5,9-10,15-17H,1H3. The molecule has 0 aromatic heterocycles. The molecule has 1 aromatic carbocycles. The number of esters is 1. The van der Waals surface area contributed by atoms with Gasteiger partial charge in [0.25, 0.3) is 0 Å². The van der Waals surface area contributed by atoms with Crippen molar-refractivity contribution in [3.05, 3.63) is 29.8 Å². The van der Waals surface area contributed by atoms with Gasteiger partial charge in [-0.25, -0.2) is 4.79 Å². The number of hydrogen-bond acceptors (Lipinski definition) is 6. The third-order valence-corrected chi connectivity index (χ3v) is 5.07. The number of ether oxygens (including phenoxy) is 1. The molecule has 1 aliphatic rings. The quantitative estimate of drug-likeness (QED) is 0.654. The normalized spacial score (nSPS) is 20.8. The van der Waals surface area contributed by atoms with Gasteiger partial charge in [-0.05, 0) is 24.3 Å². The van der Waals surface area contributed by atoms with E-state index >= 15 is 0 Å². The maximum absolute atomic E-state index is 11.2. The number of benzene rings is 1. The lowest BCUT2D eigenvalue weighted by molar-refractivity contribution is 0.0600. The highest BCUT2D eigenvalue weighted by molar-refractivity contribution is 7.65. The molecule has 1 aliphatic heterocycles. The van der Waals surface area contributed by atoms with Crippen LogP contribution >= 0.6 is 26.6 Å². The Hall–Kier alpha value is -0.340. The summed E-state index contributed by atoms with van der Waals surface area (Å²) in [5, 5.41) is 0. The minimum atomic E-state index is -0.345. The predicted molar refractivity (Wildman–Crippen MR) is 71.5 cm³/mol. The second kappa shape index (κ2) is 6.55. The van der Waals surface area contributed by atoms with Gasteiger partial charge in [-0.1, -0.05) is 4.60 Å². The molecular formula is C8H12N3O3P3. The van der Waals surface area contributed by atoms with Crippen molar-refractivity contribution >= 4 is 32.6 Å². The van der Waals surface area contributed by atoms with E-state index in [4.69, 9.17) is 4.84 Å². The van der Waals surface area contributed by atoms with Gasteiger partial charge in [-0.15, -0.1) is 0 Å². The van der Waals surface area contributed by atoms with Crippen LogP contribution in [0, 0.1) is 0 Å². The van der Waals surface area contributed by atoms with Crippen LogP contribution in [0.25, 0.3) is 0 Å². The molecule has 0 spiro atoms. The van der Waals surface area contributed by atoms with Crippen molar-refractivity contribution < 1.29 is 14.4 Å². The van der Waals surface area contributed by atoms with Crippen LogP contribution in [0.15, 0.2) is 24.3 Å². The maximum atomic E-state index is 11.2. The van der Waals surface area contributed by atoms with Crippen LogP contribution in [-0.4, -0.2) is 17.7 Å². The zero-order chi connectivity index (χ0) is 12.1.